The molecule has 8 nitrogen and oxygen atoms in total. The second kappa shape index (κ2) is 7.38. The molecule has 0 N–H and O–H groups in total. The summed E-state index contributed by atoms with van der Waals surface area (Å²) >= 11 is 1.13. The first kappa shape index (κ1) is 19.5. The maximum Gasteiger partial charge on any atom is 0.279 e. The third kappa shape index (κ3) is 3.85. The van der Waals surface area contributed by atoms with Crippen LogP contribution >= 0.6 is 11.3 Å². The Hall–Kier alpha value is -3.29. The maximum atomic E-state index is 12.5. The molecule has 0 atom stereocenters. The molecule has 0 saturated heterocycles. The number of benzene rings is 2. The Morgan fingerprint density at radius 1 is 1.29 bits per heavy atom. The van der Waals surface area contributed by atoms with Crippen LogP contribution in [-0.2, 0) is 16.4 Å². The van der Waals surface area contributed by atoms with Gasteiger partial charge in [-0.15, -0.1) is 6.42 Å². The number of hydrogen-bond acceptors (Lipinski definition) is 6. The van der Waals surface area contributed by atoms with Crippen molar-refractivity contribution in [1.29, 1.82) is 0 Å². The summed E-state index contributed by atoms with van der Waals surface area (Å²) in [5, 5.41) is 10.7. The van der Waals surface area contributed by atoms with Gasteiger partial charge in [0.15, 0.2) is 14.6 Å². The molecule has 0 fully saturated rings. The zero-order valence-corrected chi connectivity index (χ0v) is 16.2. The first-order valence-corrected chi connectivity index (χ1v) is 10.5. The van der Waals surface area contributed by atoms with Crippen molar-refractivity contribution >= 4 is 43.0 Å². The number of sulfone groups is 1. The fourth-order valence-corrected chi connectivity index (χ4v) is 4.28. The van der Waals surface area contributed by atoms with Crippen molar-refractivity contribution in [2.75, 3.05) is 6.26 Å². The summed E-state index contributed by atoms with van der Waals surface area (Å²) in [4.78, 5) is 27.2. The summed E-state index contributed by atoms with van der Waals surface area (Å²) in [5.74, 6) is 1.90. The van der Waals surface area contributed by atoms with Crippen molar-refractivity contribution in [3.05, 3.63) is 62.9 Å². The van der Waals surface area contributed by atoms with E-state index in [2.05, 4.69) is 10.9 Å². The lowest BCUT2D eigenvalue weighted by Crippen LogP contribution is -2.16. The predicted molar refractivity (Wildman–Crippen MR) is 105 cm³/mol. The summed E-state index contributed by atoms with van der Waals surface area (Å²) in [5.41, 5.74) is 0.715. The monoisotopic (exact) mass is 415 g/mol. The fourth-order valence-electron chi connectivity index (χ4n) is 2.49. The van der Waals surface area contributed by atoms with E-state index in [-0.39, 0.29) is 22.7 Å². The van der Waals surface area contributed by atoms with Gasteiger partial charge in [-0.25, -0.2) is 8.42 Å². The Kier molecular flexibility index (Phi) is 5.13. The van der Waals surface area contributed by atoms with Crippen LogP contribution < -0.4 is 4.80 Å². The molecular formula is C18H13N3O5S2. The van der Waals surface area contributed by atoms with Gasteiger partial charge in [-0.3, -0.25) is 14.9 Å². The molecular weight excluding hydrogens is 402 g/mol. The molecule has 10 heteroatoms. The van der Waals surface area contributed by atoms with Crippen LogP contribution in [0.2, 0.25) is 0 Å². The molecule has 142 valence electrons. The highest BCUT2D eigenvalue weighted by molar-refractivity contribution is 7.90. The lowest BCUT2D eigenvalue weighted by molar-refractivity contribution is -0.384. The van der Waals surface area contributed by atoms with Gasteiger partial charge >= 0.3 is 0 Å². The number of carbonyl (C=O) groups excluding carboxylic acids is 1. The average molecular weight is 415 g/mol. The number of fused-ring (bicyclic) bond motifs is 1. The fraction of sp³-hybridized carbons (Fsp3) is 0.111. The van der Waals surface area contributed by atoms with Crippen LogP contribution in [0.4, 0.5) is 5.69 Å². The maximum absolute atomic E-state index is 12.5. The molecule has 0 saturated carbocycles. The van der Waals surface area contributed by atoms with Crippen LogP contribution in [0.25, 0.3) is 10.2 Å². The van der Waals surface area contributed by atoms with E-state index in [1.54, 1.807) is 10.6 Å². The van der Waals surface area contributed by atoms with Crippen molar-refractivity contribution in [2.45, 2.75) is 11.4 Å². The number of aromatic nitrogens is 1. The quantitative estimate of drug-likeness (QED) is 0.369. The highest BCUT2D eigenvalue weighted by Gasteiger charge is 2.13. The number of terminal acetylenes is 1. The molecule has 1 aromatic heterocycles. The van der Waals surface area contributed by atoms with Crippen molar-refractivity contribution in [2.24, 2.45) is 4.99 Å². The number of nitro groups is 1. The molecule has 0 aliphatic heterocycles. The number of rotatable bonds is 4. The summed E-state index contributed by atoms with van der Waals surface area (Å²) in [6.45, 7) is 0.143. The van der Waals surface area contributed by atoms with Gasteiger partial charge < -0.3 is 4.57 Å². The third-order valence-corrected chi connectivity index (χ3v) is 6.01. The Labute approximate surface area is 163 Å². The van der Waals surface area contributed by atoms with E-state index in [1.165, 1.54) is 36.4 Å². The molecule has 2 aromatic carbocycles. The molecule has 0 aliphatic carbocycles. The molecule has 1 amide bonds. The summed E-state index contributed by atoms with van der Waals surface area (Å²) in [6, 6.07) is 9.70. The van der Waals surface area contributed by atoms with Crippen molar-refractivity contribution < 1.29 is 18.1 Å². The Bertz CT molecular complexity index is 1310. The number of amides is 1. The molecule has 1 heterocycles. The van der Waals surface area contributed by atoms with Crippen LogP contribution in [0.15, 0.2) is 52.4 Å². The largest absolute Gasteiger partial charge is 0.305 e. The minimum Gasteiger partial charge on any atom is -0.305 e. The lowest BCUT2D eigenvalue weighted by Gasteiger charge is -2.01. The second-order valence-corrected chi connectivity index (χ2v) is 8.82. The standard InChI is InChI=1S/C18H13N3O5S2/c1-3-10-20-15-9-8-14(28(2,25)26)11-16(15)27-18(20)19-17(22)12-4-6-13(7-5-12)21(23)24/h1,4-9,11H,10H2,2H3. The summed E-state index contributed by atoms with van der Waals surface area (Å²) < 4.78 is 25.8. The van der Waals surface area contributed by atoms with E-state index >= 15 is 0 Å². The van der Waals surface area contributed by atoms with Crippen LogP contribution in [0.3, 0.4) is 0 Å². The lowest BCUT2D eigenvalue weighted by atomic mass is 10.2. The van der Waals surface area contributed by atoms with Gasteiger partial charge in [0.25, 0.3) is 11.6 Å². The van der Waals surface area contributed by atoms with Crippen LogP contribution in [0.1, 0.15) is 10.4 Å². The van der Waals surface area contributed by atoms with Crippen molar-refractivity contribution in [3.63, 3.8) is 0 Å². The third-order valence-electron chi connectivity index (χ3n) is 3.85. The van der Waals surface area contributed by atoms with E-state index in [0.717, 1.165) is 17.6 Å². The molecule has 28 heavy (non-hydrogen) atoms. The van der Waals surface area contributed by atoms with Gasteiger partial charge in [0.05, 0.1) is 26.6 Å². The Morgan fingerprint density at radius 3 is 2.54 bits per heavy atom. The Balaban J connectivity index is 2.12. The molecule has 0 aliphatic rings. The number of thiazole rings is 1. The number of nitrogens with zero attached hydrogens (tertiary/aromatic N) is 3. The van der Waals surface area contributed by atoms with Crippen molar-refractivity contribution in [1.82, 2.24) is 4.57 Å². The van der Waals surface area contributed by atoms with Gasteiger partial charge in [0.2, 0.25) is 0 Å². The van der Waals surface area contributed by atoms with Gasteiger partial charge in [-0.1, -0.05) is 17.3 Å². The van der Waals surface area contributed by atoms with Gasteiger partial charge in [0, 0.05) is 24.0 Å². The normalized spacial score (nSPS) is 12.1. The predicted octanol–water partition coefficient (Wildman–Crippen LogP) is 2.39. The number of nitro benzene ring substituents is 1. The topological polar surface area (TPSA) is 112 Å². The molecule has 0 spiro atoms. The number of non-ortho nitro benzene ring substituents is 1. The second-order valence-electron chi connectivity index (χ2n) is 5.80. The number of carbonyl (C=O) groups is 1. The summed E-state index contributed by atoms with van der Waals surface area (Å²) in [6.07, 6.45) is 6.52. The van der Waals surface area contributed by atoms with Crippen LogP contribution in [0, 0.1) is 22.5 Å². The number of hydrogen-bond donors (Lipinski definition) is 0. The van der Waals surface area contributed by atoms with Crippen LogP contribution in [0.5, 0.6) is 0 Å². The van der Waals surface area contributed by atoms with Crippen LogP contribution in [-0.4, -0.2) is 30.1 Å². The molecule has 0 bridgehead atoms. The van der Waals surface area contributed by atoms with E-state index in [0.29, 0.717) is 15.0 Å². The highest BCUT2D eigenvalue weighted by atomic mass is 32.2. The smallest absolute Gasteiger partial charge is 0.279 e. The molecule has 3 aromatic rings. The SMILES string of the molecule is C#CCn1c(=NC(=O)c2ccc([N+](=O)[O-])cc2)sc2cc(S(C)(=O)=O)ccc21. The average Bonchev–Trinajstić information content (AvgIpc) is 2.98. The Morgan fingerprint density at radius 2 is 1.96 bits per heavy atom. The molecule has 0 unspecified atom stereocenters. The summed E-state index contributed by atoms with van der Waals surface area (Å²) in [7, 11) is -3.38. The zero-order chi connectivity index (χ0) is 20.5. The molecule has 3 rings (SSSR count). The van der Waals surface area contributed by atoms with Gasteiger partial charge in [0.1, 0.15) is 0 Å². The van der Waals surface area contributed by atoms with E-state index < -0.39 is 20.7 Å². The minimum absolute atomic E-state index is 0.130. The first-order valence-electron chi connectivity index (χ1n) is 7.81. The van der Waals surface area contributed by atoms with E-state index in [4.69, 9.17) is 6.42 Å². The van der Waals surface area contributed by atoms with E-state index in [1.807, 2.05) is 0 Å². The van der Waals surface area contributed by atoms with Crippen molar-refractivity contribution in [3.8, 4) is 12.3 Å². The minimum atomic E-state index is -3.38. The first-order chi connectivity index (χ1) is 13.2. The zero-order valence-electron chi connectivity index (χ0n) is 14.5. The van der Waals surface area contributed by atoms with Gasteiger partial charge in [-0.05, 0) is 30.3 Å². The van der Waals surface area contributed by atoms with Gasteiger partial charge in [-0.2, -0.15) is 4.99 Å². The van der Waals surface area contributed by atoms with E-state index in [9.17, 15) is 23.3 Å². The molecule has 0 radical (unpaired) electrons. The highest BCUT2D eigenvalue weighted by Crippen LogP contribution is 2.22.